The van der Waals surface area contributed by atoms with Crippen molar-refractivity contribution in [3.05, 3.63) is 29.8 Å². The van der Waals surface area contributed by atoms with Crippen molar-refractivity contribution in [3.63, 3.8) is 0 Å². The van der Waals surface area contributed by atoms with Crippen LogP contribution in [0.15, 0.2) is 24.3 Å². The molecule has 0 saturated carbocycles. The van der Waals surface area contributed by atoms with Crippen LogP contribution in [-0.4, -0.2) is 202 Å². The summed E-state index contributed by atoms with van der Waals surface area (Å²) >= 11 is 0. The summed E-state index contributed by atoms with van der Waals surface area (Å²) in [6.45, 7) is 3.74. The molecule has 2 saturated heterocycles. The summed E-state index contributed by atoms with van der Waals surface area (Å²) in [4.78, 5) is 93.5. The predicted molar refractivity (Wildman–Crippen MR) is 202 cm³/mol. The molecule has 21 heteroatoms. The second kappa shape index (κ2) is 23.4. The summed E-state index contributed by atoms with van der Waals surface area (Å²) < 4.78 is 0. The average molecular weight is 791 g/mol. The number of rotatable bonds is 18. The monoisotopic (exact) mass is 790 g/mol. The van der Waals surface area contributed by atoms with Crippen LogP contribution >= 0.6 is 0 Å². The van der Waals surface area contributed by atoms with Crippen molar-refractivity contribution in [1.82, 2.24) is 35.1 Å². The minimum Gasteiger partial charge on any atom is -0.480 e. The number of likely N-dealkylation sites (tertiary alicyclic amines) is 1. The van der Waals surface area contributed by atoms with Gasteiger partial charge in [0, 0.05) is 83.1 Å². The van der Waals surface area contributed by atoms with Crippen molar-refractivity contribution < 1.29 is 58.9 Å². The Morgan fingerprint density at radius 2 is 1.18 bits per heavy atom. The fourth-order valence-corrected chi connectivity index (χ4v) is 6.58. The number of unbranched alkanes of at least 4 members (excludes halogenated alkanes) is 1. The summed E-state index contributed by atoms with van der Waals surface area (Å²) in [7, 11) is -1.65. The van der Waals surface area contributed by atoms with Gasteiger partial charge in [-0.2, -0.15) is 0 Å². The van der Waals surface area contributed by atoms with Gasteiger partial charge in [0.1, 0.15) is 6.04 Å². The Morgan fingerprint density at radius 1 is 0.696 bits per heavy atom. The third-order valence-electron chi connectivity index (χ3n) is 9.60. The minimum atomic E-state index is -1.65. The highest BCUT2D eigenvalue weighted by Crippen LogP contribution is 2.19. The summed E-state index contributed by atoms with van der Waals surface area (Å²) in [5.74, 6) is -5.27. The Hall–Kier alpha value is -4.67. The van der Waals surface area contributed by atoms with Crippen molar-refractivity contribution in [2.24, 2.45) is 0 Å². The van der Waals surface area contributed by atoms with Gasteiger partial charge in [-0.15, -0.1) is 0 Å². The number of nitrogens with one attached hydrogen (secondary N) is 3. The third kappa shape index (κ3) is 16.6. The third-order valence-corrected chi connectivity index (χ3v) is 9.60. The molecular formula is C35H55BN8O12. The molecule has 8 N–H and O–H groups in total. The van der Waals surface area contributed by atoms with Crippen molar-refractivity contribution in [2.45, 2.75) is 51.0 Å². The van der Waals surface area contributed by atoms with Gasteiger partial charge in [-0.25, -0.2) is 0 Å². The zero-order valence-electron chi connectivity index (χ0n) is 31.8. The molecule has 0 unspecified atom stereocenters. The molecule has 310 valence electrons. The zero-order chi connectivity index (χ0) is 41.2. The van der Waals surface area contributed by atoms with Gasteiger partial charge in [0.15, 0.2) is 0 Å². The molecule has 4 amide bonds. The number of anilines is 1. The summed E-state index contributed by atoms with van der Waals surface area (Å²) in [6, 6.07) is 5.26. The van der Waals surface area contributed by atoms with E-state index >= 15 is 0 Å². The first-order valence-corrected chi connectivity index (χ1v) is 18.8. The molecule has 3 rings (SSSR count). The van der Waals surface area contributed by atoms with Crippen LogP contribution in [0.1, 0.15) is 49.4 Å². The Balaban J connectivity index is 1.42. The van der Waals surface area contributed by atoms with Crippen LogP contribution in [0.25, 0.3) is 0 Å². The van der Waals surface area contributed by atoms with E-state index < -0.39 is 48.8 Å². The van der Waals surface area contributed by atoms with Gasteiger partial charge in [0.2, 0.25) is 17.7 Å². The van der Waals surface area contributed by atoms with Gasteiger partial charge in [0.05, 0.1) is 32.1 Å². The highest BCUT2D eigenvalue weighted by Gasteiger charge is 2.38. The maximum absolute atomic E-state index is 12.9. The number of benzene rings is 1. The van der Waals surface area contributed by atoms with Crippen molar-refractivity contribution >= 4 is 54.3 Å². The van der Waals surface area contributed by atoms with Gasteiger partial charge in [-0.3, -0.25) is 53.2 Å². The molecule has 0 aromatic heterocycles. The van der Waals surface area contributed by atoms with E-state index in [1.54, 1.807) is 26.8 Å². The SMILES string of the molecule is C[C@@H](NC(=O)c1ccc(NC(=O)CCCCNC(=O)CN2CCN(CC(=O)O)CCN(CC(=O)O)CCN(CC(=O)O)CC2)cc1)C(=O)N1CCC[C@H]1B(O)O. The average Bonchev–Trinajstić information content (AvgIpc) is 3.62. The zero-order valence-corrected chi connectivity index (χ0v) is 31.8. The molecule has 1 aromatic carbocycles. The lowest BCUT2D eigenvalue weighted by Gasteiger charge is -2.32. The maximum Gasteiger partial charge on any atom is 0.475 e. The Bertz CT molecular complexity index is 1470. The molecule has 1 aromatic rings. The van der Waals surface area contributed by atoms with Crippen LogP contribution in [0.4, 0.5) is 5.69 Å². The van der Waals surface area contributed by atoms with E-state index in [-0.39, 0.29) is 76.2 Å². The molecule has 2 fully saturated rings. The van der Waals surface area contributed by atoms with Crippen LogP contribution in [0, 0.1) is 0 Å². The van der Waals surface area contributed by atoms with E-state index in [9.17, 15) is 58.9 Å². The standard InChI is InChI=1S/C35H55BN8O12/c1-25(35(54)44-12-4-5-28(44)36(55)56)38-34(53)26-7-9-27(10-8-26)39-29(45)6-2-3-11-37-30(46)21-40-13-15-41(22-31(47)48)17-19-43(24-33(51)52)20-18-42(16-14-40)23-32(49)50/h7-10,25,28,55-56H,2-6,11-24H2,1H3,(H,37,46)(H,38,53)(H,39,45)(H,47,48)(H,49,50)(H,51,52)/t25-,28+/m1/s1. The molecule has 0 bridgehead atoms. The first-order chi connectivity index (χ1) is 26.6. The number of hydrogen-bond donors (Lipinski definition) is 8. The first kappa shape index (κ1) is 45.7. The van der Waals surface area contributed by atoms with Crippen molar-refractivity contribution in [2.75, 3.05) is 96.9 Å². The van der Waals surface area contributed by atoms with Gasteiger partial charge >= 0.3 is 25.0 Å². The van der Waals surface area contributed by atoms with Gasteiger partial charge < -0.3 is 46.2 Å². The molecular weight excluding hydrogens is 735 g/mol. The summed E-state index contributed by atoms with van der Waals surface area (Å²) in [6.07, 6.45) is 2.26. The normalized spacial score (nSPS) is 18.6. The number of carboxylic acids is 3. The summed E-state index contributed by atoms with van der Waals surface area (Å²) in [5.41, 5.74) is 0.735. The van der Waals surface area contributed by atoms with Gasteiger partial charge in [-0.05, 0) is 56.9 Å². The predicted octanol–water partition coefficient (Wildman–Crippen LogP) is -2.49. The van der Waals surface area contributed by atoms with E-state index in [0.717, 1.165) is 0 Å². The molecule has 2 heterocycles. The van der Waals surface area contributed by atoms with E-state index in [1.165, 1.54) is 24.0 Å². The Kier molecular flexibility index (Phi) is 19.1. The van der Waals surface area contributed by atoms with E-state index in [1.807, 2.05) is 4.90 Å². The second-order valence-electron chi connectivity index (χ2n) is 14.1. The Labute approximate surface area is 325 Å². The van der Waals surface area contributed by atoms with E-state index in [0.29, 0.717) is 70.6 Å². The lowest BCUT2D eigenvalue weighted by molar-refractivity contribution is -0.140. The molecule has 20 nitrogen and oxygen atoms in total. The number of carboxylic acid groups (broad SMARTS) is 3. The first-order valence-electron chi connectivity index (χ1n) is 18.8. The number of carbonyl (C=O) groups excluding carboxylic acids is 4. The van der Waals surface area contributed by atoms with Gasteiger partial charge in [-0.1, -0.05) is 0 Å². The smallest absolute Gasteiger partial charge is 0.475 e. The van der Waals surface area contributed by atoms with Crippen LogP contribution in [0.3, 0.4) is 0 Å². The largest absolute Gasteiger partial charge is 0.480 e. The maximum atomic E-state index is 12.9. The molecule has 2 atom stereocenters. The lowest BCUT2D eigenvalue weighted by atomic mass is 9.78. The summed E-state index contributed by atoms with van der Waals surface area (Å²) in [5, 5.41) is 55.4. The highest BCUT2D eigenvalue weighted by atomic mass is 16.4. The number of hydrogen-bond acceptors (Lipinski definition) is 13. The molecule has 2 aliphatic rings. The molecule has 0 radical (unpaired) electrons. The van der Waals surface area contributed by atoms with E-state index in [4.69, 9.17) is 0 Å². The van der Waals surface area contributed by atoms with Crippen LogP contribution in [0.5, 0.6) is 0 Å². The van der Waals surface area contributed by atoms with Crippen molar-refractivity contribution in [1.29, 1.82) is 0 Å². The Morgan fingerprint density at radius 3 is 1.64 bits per heavy atom. The highest BCUT2D eigenvalue weighted by molar-refractivity contribution is 6.43. The quantitative estimate of drug-likeness (QED) is 0.0564. The van der Waals surface area contributed by atoms with E-state index in [2.05, 4.69) is 16.0 Å². The topological polar surface area (TPSA) is 273 Å². The minimum absolute atomic E-state index is 0.0105. The molecule has 0 aliphatic carbocycles. The van der Waals surface area contributed by atoms with Crippen molar-refractivity contribution in [3.8, 4) is 0 Å². The van der Waals surface area contributed by atoms with Crippen LogP contribution in [-0.2, 0) is 28.8 Å². The number of carbonyl (C=O) groups is 7. The number of aliphatic carboxylic acids is 3. The molecule has 2 aliphatic heterocycles. The second-order valence-corrected chi connectivity index (χ2v) is 14.1. The molecule has 56 heavy (non-hydrogen) atoms. The number of amides is 4. The van der Waals surface area contributed by atoms with Crippen LogP contribution in [0.2, 0.25) is 0 Å². The molecule has 0 spiro atoms. The fraction of sp³-hybridized carbons (Fsp3) is 0.629. The number of nitrogens with zero attached hydrogens (tertiary/aromatic N) is 5. The lowest BCUT2D eigenvalue weighted by Crippen LogP contribution is -2.52. The van der Waals surface area contributed by atoms with Crippen LogP contribution < -0.4 is 16.0 Å². The fourth-order valence-electron chi connectivity index (χ4n) is 6.58. The van der Waals surface area contributed by atoms with Gasteiger partial charge in [0.25, 0.3) is 5.91 Å².